The van der Waals surface area contributed by atoms with E-state index in [1.165, 1.54) is 11.1 Å². The highest BCUT2D eigenvalue weighted by Gasteiger charge is 2.25. The minimum Gasteiger partial charge on any atom is -0.356 e. The monoisotopic (exact) mass is 485 g/mol. The summed E-state index contributed by atoms with van der Waals surface area (Å²) in [6.07, 6.45) is 3.27. The molecule has 0 unspecified atom stereocenters. The van der Waals surface area contributed by atoms with Crippen LogP contribution in [0.2, 0.25) is 0 Å². The van der Waals surface area contributed by atoms with Gasteiger partial charge in [0.2, 0.25) is 5.91 Å². The fraction of sp³-hybridized carbons (Fsp3) is 0.600. The molecule has 1 saturated carbocycles. The summed E-state index contributed by atoms with van der Waals surface area (Å²) >= 11 is 0. The van der Waals surface area contributed by atoms with Crippen molar-refractivity contribution in [3.63, 3.8) is 0 Å². The molecule has 1 saturated heterocycles. The number of aliphatic imine (C=N–C) groups is 1. The second-order valence-corrected chi connectivity index (χ2v) is 7.31. The second-order valence-electron chi connectivity index (χ2n) is 7.31. The summed E-state index contributed by atoms with van der Waals surface area (Å²) in [5, 5.41) is 6.53. The van der Waals surface area contributed by atoms with Crippen molar-refractivity contribution in [2.45, 2.75) is 32.2 Å². The SMILES string of the molecule is CN=C(NCCc1ccc(C)cc1)N1CCN(CC(=O)NC2CC2)CC1.I. The average molecular weight is 485 g/mol. The van der Waals surface area contributed by atoms with E-state index in [4.69, 9.17) is 0 Å². The van der Waals surface area contributed by atoms with E-state index < -0.39 is 0 Å². The Kier molecular flexibility index (Phi) is 8.82. The standard InChI is InChI=1S/C20H31N5O.HI/c1-16-3-5-17(6-4-16)9-10-22-20(21-2)25-13-11-24(12-14-25)15-19(26)23-18-7-8-18;/h3-6,18H,7-15H2,1-2H3,(H,21,22)(H,23,26);1H. The van der Waals surface area contributed by atoms with Crippen molar-refractivity contribution >= 4 is 35.8 Å². The highest BCUT2D eigenvalue weighted by atomic mass is 127. The van der Waals surface area contributed by atoms with Crippen LogP contribution in [0.25, 0.3) is 0 Å². The van der Waals surface area contributed by atoms with Crippen molar-refractivity contribution in [2.24, 2.45) is 4.99 Å². The summed E-state index contributed by atoms with van der Waals surface area (Å²) in [5.41, 5.74) is 2.63. The van der Waals surface area contributed by atoms with E-state index in [2.05, 4.69) is 56.6 Å². The first-order valence-electron chi connectivity index (χ1n) is 9.67. The highest BCUT2D eigenvalue weighted by Crippen LogP contribution is 2.18. The Morgan fingerprint density at radius 2 is 1.81 bits per heavy atom. The number of piperazine rings is 1. The van der Waals surface area contributed by atoms with Gasteiger partial charge in [0, 0.05) is 45.8 Å². The van der Waals surface area contributed by atoms with Crippen molar-refractivity contribution in [3.05, 3.63) is 35.4 Å². The average Bonchev–Trinajstić information content (AvgIpc) is 3.45. The smallest absolute Gasteiger partial charge is 0.234 e. The first-order chi connectivity index (χ1) is 12.6. The Labute approximate surface area is 179 Å². The Morgan fingerprint density at radius 1 is 1.15 bits per heavy atom. The minimum absolute atomic E-state index is 0. The van der Waals surface area contributed by atoms with E-state index in [0.29, 0.717) is 12.6 Å². The number of aryl methyl sites for hydroxylation is 1. The molecule has 1 aliphatic heterocycles. The van der Waals surface area contributed by atoms with Gasteiger partial charge in [0.05, 0.1) is 6.54 Å². The number of nitrogens with one attached hydrogen (secondary N) is 2. The van der Waals surface area contributed by atoms with Crippen LogP contribution in [0.3, 0.4) is 0 Å². The summed E-state index contributed by atoms with van der Waals surface area (Å²) in [4.78, 5) is 20.9. The molecule has 3 rings (SSSR count). The van der Waals surface area contributed by atoms with Gasteiger partial charge in [0.25, 0.3) is 0 Å². The predicted molar refractivity (Wildman–Crippen MR) is 121 cm³/mol. The maximum atomic E-state index is 11.9. The van der Waals surface area contributed by atoms with Gasteiger partial charge in [-0.25, -0.2) is 0 Å². The number of benzene rings is 1. The number of hydrogen-bond acceptors (Lipinski definition) is 3. The maximum absolute atomic E-state index is 11.9. The molecular formula is C20H32IN5O. The first kappa shape index (κ1) is 21.9. The Morgan fingerprint density at radius 3 is 2.41 bits per heavy atom. The zero-order chi connectivity index (χ0) is 18.4. The summed E-state index contributed by atoms with van der Waals surface area (Å²) in [5.74, 6) is 1.13. The lowest BCUT2D eigenvalue weighted by molar-refractivity contribution is -0.122. The maximum Gasteiger partial charge on any atom is 0.234 e. The summed E-state index contributed by atoms with van der Waals surface area (Å²) in [7, 11) is 1.84. The molecule has 0 atom stereocenters. The quantitative estimate of drug-likeness (QED) is 0.366. The van der Waals surface area contributed by atoms with Crippen LogP contribution in [0.15, 0.2) is 29.3 Å². The molecule has 1 amide bonds. The van der Waals surface area contributed by atoms with Crippen molar-refractivity contribution in [2.75, 3.05) is 46.3 Å². The van der Waals surface area contributed by atoms with Crippen molar-refractivity contribution in [1.82, 2.24) is 20.4 Å². The number of halogens is 1. The number of carbonyl (C=O) groups is 1. The molecule has 27 heavy (non-hydrogen) atoms. The van der Waals surface area contributed by atoms with Gasteiger partial charge in [-0.2, -0.15) is 0 Å². The van der Waals surface area contributed by atoms with Crippen LogP contribution in [0.5, 0.6) is 0 Å². The van der Waals surface area contributed by atoms with Crippen molar-refractivity contribution in [3.8, 4) is 0 Å². The molecule has 1 aromatic carbocycles. The van der Waals surface area contributed by atoms with Gasteiger partial charge < -0.3 is 15.5 Å². The third-order valence-corrected chi connectivity index (χ3v) is 5.01. The van der Waals surface area contributed by atoms with Crippen LogP contribution in [0, 0.1) is 6.92 Å². The molecule has 2 fully saturated rings. The van der Waals surface area contributed by atoms with Crippen LogP contribution in [0.4, 0.5) is 0 Å². The second kappa shape index (κ2) is 10.8. The fourth-order valence-electron chi connectivity index (χ4n) is 3.23. The molecule has 0 bridgehead atoms. The predicted octanol–water partition coefficient (Wildman–Crippen LogP) is 1.63. The van der Waals surface area contributed by atoms with Gasteiger partial charge in [-0.1, -0.05) is 29.8 Å². The molecule has 0 radical (unpaired) electrons. The molecule has 0 spiro atoms. The topological polar surface area (TPSA) is 60.0 Å². The van der Waals surface area contributed by atoms with E-state index in [1.54, 1.807) is 0 Å². The number of nitrogens with zero attached hydrogens (tertiary/aromatic N) is 3. The molecule has 6 nitrogen and oxygen atoms in total. The summed E-state index contributed by atoms with van der Waals surface area (Å²) < 4.78 is 0. The third kappa shape index (κ3) is 7.29. The van der Waals surface area contributed by atoms with Crippen molar-refractivity contribution in [1.29, 1.82) is 0 Å². The molecule has 0 aromatic heterocycles. The molecule has 7 heteroatoms. The fourth-order valence-corrected chi connectivity index (χ4v) is 3.23. The largest absolute Gasteiger partial charge is 0.356 e. The number of amides is 1. The van der Waals surface area contributed by atoms with Gasteiger partial charge in [-0.15, -0.1) is 24.0 Å². The van der Waals surface area contributed by atoms with E-state index in [1.807, 2.05) is 7.05 Å². The molecule has 150 valence electrons. The molecule has 1 heterocycles. The Bertz CT molecular complexity index is 622. The first-order valence-corrected chi connectivity index (χ1v) is 9.67. The molecular weight excluding hydrogens is 453 g/mol. The Hall–Kier alpha value is -1.35. The number of carbonyl (C=O) groups excluding carboxylic acids is 1. The van der Waals surface area contributed by atoms with Crippen LogP contribution >= 0.6 is 24.0 Å². The van der Waals surface area contributed by atoms with E-state index >= 15 is 0 Å². The lowest BCUT2D eigenvalue weighted by Gasteiger charge is -2.36. The number of rotatable bonds is 6. The van der Waals surface area contributed by atoms with Crippen LogP contribution in [-0.2, 0) is 11.2 Å². The van der Waals surface area contributed by atoms with E-state index in [-0.39, 0.29) is 29.9 Å². The highest BCUT2D eigenvalue weighted by molar-refractivity contribution is 14.0. The normalized spacial score (nSPS) is 18.0. The zero-order valence-corrected chi connectivity index (χ0v) is 18.7. The van der Waals surface area contributed by atoms with E-state index in [9.17, 15) is 4.79 Å². The molecule has 1 aromatic rings. The van der Waals surface area contributed by atoms with Gasteiger partial charge >= 0.3 is 0 Å². The number of guanidine groups is 1. The molecule has 1 aliphatic carbocycles. The van der Waals surface area contributed by atoms with Gasteiger partial charge in [0.1, 0.15) is 0 Å². The molecule has 2 N–H and O–H groups in total. The van der Waals surface area contributed by atoms with Crippen molar-refractivity contribution < 1.29 is 4.79 Å². The minimum atomic E-state index is 0. The van der Waals surface area contributed by atoms with Crippen LogP contribution < -0.4 is 10.6 Å². The van der Waals surface area contributed by atoms with Gasteiger partial charge in [-0.3, -0.25) is 14.7 Å². The summed E-state index contributed by atoms with van der Waals surface area (Å²) in [6, 6.07) is 9.13. The van der Waals surface area contributed by atoms with Gasteiger partial charge in [-0.05, 0) is 31.7 Å². The lowest BCUT2D eigenvalue weighted by atomic mass is 10.1. The number of hydrogen-bond donors (Lipinski definition) is 2. The zero-order valence-electron chi connectivity index (χ0n) is 16.4. The summed E-state index contributed by atoms with van der Waals surface area (Å²) in [6.45, 7) is 7.11. The molecule has 2 aliphatic rings. The van der Waals surface area contributed by atoms with Crippen LogP contribution in [0.1, 0.15) is 24.0 Å². The van der Waals surface area contributed by atoms with Gasteiger partial charge in [0.15, 0.2) is 5.96 Å². The van der Waals surface area contributed by atoms with Crippen LogP contribution in [-0.4, -0.2) is 74.0 Å². The van der Waals surface area contributed by atoms with E-state index in [0.717, 1.165) is 57.9 Å². The lowest BCUT2D eigenvalue weighted by Crippen LogP contribution is -2.54. The Balaban J connectivity index is 0.00000261. The third-order valence-electron chi connectivity index (χ3n) is 5.01.